The lowest BCUT2D eigenvalue weighted by Gasteiger charge is -2.57. The number of esters is 1. The van der Waals surface area contributed by atoms with Crippen LogP contribution in [-0.4, -0.2) is 12.1 Å². The zero-order chi connectivity index (χ0) is 19.7. The first kappa shape index (κ1) is 18.7. The van der Waals surface area contributed by atoms with E-state index in [1.807, 2.05) is 48.5 Å². The van der Waals surface area contributed by atoms with Gasteiger partial charge in [-0.3, -0.25) is 0 Å². The summed E-state index contributed by atoms with van der Waals surface area (Å²) < 4.78 is 6.07. The van der Waals surface area contributed by atoms with Crippen LogP contribution in [0.3, 0.4) is 0 Å². The van der Waals surface area contributed by atoms with Crippen molar-refractivity contribution in [1.29, 1.82) is 0 Å². The van der Waals surface area contributed by atoms with E-state index in [2.05, 4.69) is 24.3 Å². The lowest BCUT2D eigenvalue weighted by atomic mass is 9.48. The monoisotopic (exact) mass is 386 g/mol. The predicted octanol–water partition coefficient (Wildman–Crippen LogP) is 6.53. The van der Waals surface area contributed by atoms with Crippen LogP contribution in [0.1, 0.15) is 60.9 Å². The molecule has 4 saturated carbocycles. The topological polar surface area (TPSA) is 26.3 Å². The second-order valence-electron chi connectivity index (χ2n) is 9.70. The van der Waals surface area contributed by atoms with Crippen LogP contribution in [0.25, 0.3) is 6.08 Å². The number of hydrogen-bond donors (Lipinski definition) is 0. The summed E-state index contributed by atoms with van der Waals surface area (Å²) >= 11 is 0. The minimum atomic E-state index is -0.210. The van der Waals surface area contributed by atoms with Crippen LogP contribution >= 0.6 is 0 Å². The zero-order valence-corrected chi connectivity index (χ0v) is 17.0. The van der Waals surface area contributed by atoms with Gasteiger partial charge in [0.15, 0.2) is 0 Å². The summed E-state index contributed by atoms with van der Waals surface area (Å²) in [5, 5.41) is 0. The maximum absolute atomic E-state index is 12.8. The highest BCUT2D eigenvalue weighted by atomic mass is 16.5. The highest BCUT2D eigenvalue weighted by Crippen LogP contribution is 2.61. The van der Waals surface area contributed by atoms with Crippen molar-refractivity contribution in [3.8, 4) is 0 Å². The Hall–Kier alpha value is -2.35. The Labute approximate surface area is 174 Å². The number of benzene rings is 2. The van der Waals surface area contributed by atoms with Gasteiger partial charge in [0.2, 0.25) is 0 Å². The quantitative estimate of drug-likeness (QED) is 0.527. The smallest absolute Gasteiger partial charge is 0.338 e. The summed E-state index contributed by atoms with van der Waals surface area (Å²) in [6.07, 6.45) is 13.3. The second kappa shape index (κ2) is 7.82. The summed E-state index contributed by atoms with van der Waals surface area (Å²) in [5.41, 5.74) is 2.16. The van der Waals surface area contributed by atoms with E-state index in [1.54, 1.807) is 0 Å². The van der Waals surface area contributed by atoms with Crippen LogP contribution in [0, 0.1) is 23.2 Å². The summed E-state index contributed by atoms with van der Waals surface area (Å²) in [6, 6.07) is 19.7. The van der Waals surface area contributed by atoms with Crippen molar-refractivity contribution in [3.63, 3.8) is 0 Å². The first-order valence-corrected chi connectivity index (χ1v) is 11.2. The third-order valence-electron chi connectivity index (χ3n) is 7.37. The minimum absolute atomic E-state index is 0.167. The van der Waals surface area contributed by atoms with Gasteiger partial charge < -0.3 is 4.74 Å². The highest BCUT2D eigenvalue weighted by Gasteiger charge is 2.51. The molecule has 4 fully saturated rings. The molecule has 0 amide bonds. The molecular formula is C27H30O2. The fourth-order valence-electron chi connectivity index (χ4n) is 6.68. The molecule has 2 heteroatoms. The van der Waals surface area contributed by atoms with E-state index in [0.29, 0.717) is 11.0 Å². The molecule has 29 heavy (non-hydrogen) atoms. The summed E-state index contributed by atoms with van der Waals surface area (Å²) in [6.45, 7) is 0. The molecule has 2 nitrogen and oxygen atoms in total. The van der Waals surface area contributed by atoms with Gasteiger partial charge in [-0.1, -0.05) is 54.6 Å². The van der Waals surface area contributed by atoms with Gasteiger partial charge in [-0.25, -0.2) is 4.79 Å². The van der Waals surface area contributed by atoms with Gasteiger partial charge in [-0.2, -0.15) is 0 Å². The molecule has 150 valence electrons. The van der Waals surface area contributed by atoms with Gasteiger partial charge in [-0.05, 0) is 91.9 Å². The number of carbonyl (C=O) groups excluding carboxylic acids is 1. The first-order chi connectivity index (χ1) is 14.2. The average Bonchev–Trinajstić information content (AvgIpc) is 2.72. The number of carbonyl (C=O) groups is 1. The van der Waals surface area contributed by atoms with Crippen molar-refractivity contribution < 1.29 is 9.53 Å². The highest BCUT2D eigenvalue weighted by molar-refractivity contribution is 5.89. The molecule has 0 aromatic heterocycles. The number of hydrogen-bond acceptors (Lipinski definition) is 2. The Kier molecular flexibility index (Phi) is 5.03. The molecule has 2 aromatic carbocycles. The number of ether oxygens (including phenoxy) is 1. The molecule has 0 radical (unpaired) electrons. The Morgan fingerprint density at radius 3 is 2.03 bits per heavy atom. The molecular weight excluding hydrogens is 356 g/mol. The molecule has 4 aliphatic carbocycles. The van der Waals surface area contributed by atoms with Gasteiger partial charge in [0.25, 0.3) is 0 Å². The first-order valence-electron chi connectivity index (χ1n) is 11.2. The van der Waals surface area contributed by atoms with Crippen molar-refractivity contribution in [2.24, 2.45) is 23.2 Å². The lowest BCUT2D eigenvalue weighted by Crippen LogP contribution is -2.47. The summed E-state index contributed by atoms with van der Waals surface area (Å²) in [7, 11) is 0. The molecule has 4 bridgehead atoms. The molecule has 0 N–H and O–H groups in total. The fourth-order valence-corrected chi connectivity index (χ4v) is 6.68. The third-order valence-corrected chi connectivity index (χ3v) is 7.37. The predicted molar refractivity (Wildman–Crippen MR) is 116 cm³/mol. The molecule has 0 unspecified atom stereocenters. The van der Waals surface area contributed by atoms with Crippen LogP contribution < -0.4 is 0 Å². The molecule has 4 aliphatic rings. The molecule has 0 aliphatic heterocycles. The van der Waals surface area contributed by atoms with Crippen molar-refractivity contribution in [1.82, 2.24) is 0 Å². The summed E-state index contributed by atoms with van der Waals surface area (Å²) in [5.74, 6) is 2.51. The molecule has 0 heterocycles. The normalized spacial score (nSPS) is 31.1. The van der Waals surface area contributed by atoms with Crippen molar-refractivity contribution >= 4 is 12.0 Å². The van der Waals surface area contributed by atoms with E-state index in [1.165, 1.54) is 38.5 Å². The van der Waals surface area contributed by atoms with Gasteiger partial charge in [0, 0.05) is 0 Å². The summed E-state index contributed by atoms with van der Waals surface area (Å²) in [4.78, 5) is 12.8. The van der Waals surface area contributed by atoms with E-state index >= 15 is 0 Å². The Morgan fingerprint density at radius 1 is 0.897 bits per heavy atom. The maximum Gasteiger partial charge on any atom is 0.338 e. The van der Waals surface area contributed by atoms with E-state index in [9.17, 15) is 4.79 Å². The molecule has 0 spiro atoms. The SMILES string of the molecule is O=C(O[C@@H](/C=C/c1ccccc1)CC12CC3CC(CC(C3)C1)C2)c1ccccc1. The molecule has 6 rings (SSSR count). The molecule has 1 atom stereocenters. The van der Waals surface area contributed by atoms with E-state index in [-0.39, 0.29) is 12.1 Å². The lowest BCUT2D eigenvalue weighted by molar-refractivity contribution is -0.0730. The Bertz CT molecular complexity index is 833. The van der Waals surface area contributed by atoms with Gasteiger partial charge in [0.05, 0.1) is 5.56 Å². The molecule has 0 saturated heterocycles. The van der Waals surface area contributed by atoms with Gasteiger partial charge in [-0.15, -0.1) is 0 Å². The third kappa shape index (κ3) is 4.17. The van der Waals surface area contributed by atoms with Crippen LogP contribution in [-0.2, 0) is 4.74 Å². The van der Waals surface area contributed by atoms with Crippen LogP contribution in [0.4, 0.5) is 0 Å². The van der Waals surface area contributed by atoms with Crippen molar-refractivity contribution in [3.05, 3.63) is 77.9 Å². The van der Waals surface area contributed by atoms with Gasteiger partial charge >= 0.3 is 5.97 Å². The van der Waals surface area contributed by atoms with Crippen LogP contribution in [0.2, 0.25) is 0 Å². The second-order valence-corrected chi connectivity index (χ2v) is 9.70. The standard InChI is InChI=1S/C27H30O2/c28-26(24-9-5-2-6-10-24)29-25(12-11-20-7-3-1-4-8-20)19-27-16-21-13-22(17-27)15-23(14-21)18-27/h1-12,21-23,25H,13-19H2/b12-11+/t21?,22?,23?,25-,27?/m0/s1. The Balaban J connectivity index is 1.36. The maximum atomic E-state index is 12.8. The average molecular weight is 387 g/mol. The Morgan fingerprint density at radius 2 is 1.45 bits per heavy atom. The van der Waals surface area contributed by atoms with Crippen LogP contribution in [0.5, 0.6) is 0 Å². The van der Waals surface area contributed by atoms with Crippen LogP contribution in [0.15, 0.2) is 66.7 Å². The molecule has 2 aromatic rings. The van der Waals surface area contributed by atoms with E-state index < -0.39 is 0 Å². The van der Waals surface area contributed by atoms with E-state index in [0.717, 1.165) is 29.7 Å². The largest absolute Gasteiger partial charge is 0.455 e. The van der Waals surface area contributed by atoms with Gasteiger partial charge in [0.1, 0.15) is 6.10 Å². The van der Waals surface area contributed by atoms with Crippen molar-refractivity contribution in [2.45, 2.75) is 51.0 Å². The zero-order valence-electron chi connectivity index (χ0n) is 17.0. The van der Waals surface area contributed by atoms with E-state index in [4.69, 9.17) is 4.74 Å². The minimum Gasteiger partial charge on any atom is -0.455 e. The number of rotatable bonds is 6. The fraction of sp³-hybridized carbons (Fsp3) is 0.444. The van der Waals surface area contributed by atoms with Crippen molar-refractivity contribution in [2.75, 3.05) is 0 Å².